The van der Waals surface area contributed by atoms with E-state index in [0.29, 0.717) is 12.0 Å². The molecule has 3 heteroatoms. The molecule has 0 aromatic rings. The molecule has 0 unspecified atom stereocenters. The Balaban J connectivity index is 2.01. The topological polar surface area (TPSA) is 46.5 Å². The maximum absolute atomic E-state index is 11.7. The summed E-state index contributed by atoms with van der Waals surface area (Å²) in [6.07, 6.45) is 1.71. The lowest BCUT2D eigenvalue weighted by molar-refractivity contribution is -0.141. The summed E-state index contributed by atoms with van der Waals surface area (Å²) in [6.45, 7) is 12.0. The Hall–Kier alpha value is -1.35. The molecule has 5 atom stereocenters. The highest BCUT2D eigenvalue weighted by Crippen LogP contribution is 2.51. The van der Waals surface area contributed by atoms with Crippen molar-refractivity contribution < 1.29 is 14.6 Å². The highest BCUT2D eigenvalue weighted by Gasteiger charge is 2.52. The molecule has 2 saturated carbocycles. The Morgan fingerprint density at radius 3 is 2.67 bits per heavy atom. The van der Waals surface area contributed by atoms with Crippen molar-refractivity contribution in [2.24, 2.45) is 17.8 Å². The van der Waals surface area contributed by atoms with Gasteiger partial charge in [0.25, 0.3) is 0 Å². The number of aliphatic hydroxyl groups is 1. The smallest absolute Gasteiger partial charge is 0.334 e. The standard InChI is InChI=1S/C15H18O3/c1-7-4-5-10-8(2)15(17)18-14(10)13-9(3)12(16)6-11(7)13/h10-14,16H,1-6H2/t10-,11-,12+,13+,14-/m1/s1. The molecule has 3 rings (SSSR count). The molecular weight excluding hydrogens is 228 g/mol. The van der Waals surface area contributed by atoms with Crippen LogP contribution >= 0.6 is 0 Å². The maximum Gasteiger partial charge on any atom is 0.334 e. The molecule has 3 aliphatic rings. The van der Waals surface area contributed by atoms with E-state index in [2.05, 4.69) is 19.7 Å². The summed E-state index contributed by atoms with van der Waals surface area (Å²) in [6, 6.07) is 0. The number of hydrogen-bond donors (Lipinski definition) is 1. The summed E-state index contributed by atoms with van der Waals surface area (Å²) in [5, 5.41) is 9.99. The van der Waals surface area contributed by atoms with Gasteiger partial charge < -0.3 is 9.84 Å². The minimum absolute atomic E-state index is 0.0169. The number of allylic oxidation sites excluding steroid dienone is 1. The average molecular weight is 246 g/mol. The molecule has 0 radical (unpaired) electrons. The fourth-order valence-corrected chi connectivity index (χ4v) is 3.70. The second-order valence-corrected chi connectivity index (χ2v) is 5.66. The van der Waals surface area contributed by atoms with E-state index < -0.39 is 6.10 Å². The molecule has 18 heavy (non-hydrogen) atoms. The third-order valence-electron chi connectivity index (χ3n) is 4.77. The molecule has 96 valence electrons. The first-order valence-electron chi connectivity index (χ1n) is 6.45. The van der Waals surface area contributed by atoms with Crippen LogP contribution in [0.1, 0.15) is 19.3 Å². The van der Waals surface area contributed by atoms with Crippen LogP contribution < -0.4 is 0 Å². The number of esters is 1. The van der Waals surface area contributed by atoms with E-state index in [4.69, 9.17) is 4.74 Å². The molecule has 3 nitrogen and oxygen atoms in total. The second kappa shape index (κ2) is 3.82. The van der Waals surface area contributed by atoms with Crippen molar-refractivity contribution in [3.05, 3.63) is 36.5 Å². The number of fused-ring (bicyclic) bond motifs is 3. The van der Waals surface area contributed by atoms with Gasteiger partial charge in [0.2, 0.25) is 0 Å². The van der Waals surface area contributed by atoms with Crippen LogP contribution in [0.3, 0.4) is 0 Å². The van der Waals surface area contributed by atoms with Crippen LogP contribution in [0.25, 0.3) is 0 Å². The van der Waals surface area contributed by atoms with E-state index in [0.717, 1.165) is 24.0 Å². The highest BCUT2D eigenvalue weighted by atomic mass is 16.6. The van der Waals surface area contributed by atoms with Crippen molar-refractivity contribution in [1.29, 1.82) is 0 Å². The van der Waals surface area contributed by atoms with Gasteiger partial charge in [0.1, 0.15) is 6.10 Å². The van der Waals surface area contributed by atoms with Gasteiger partial charge in [0.15, 0.2) is 0 Å². The zero-order valence-corrected chi connectivity index (χ0v) is 10.4. The monoisotopic (exact) mass is 246 g/mol. The summed E-state index contributed by atoms with van der Waals surface area (Å²) in [7, 11) is 0. The Morgan fingerprint density at radius 1 is 1.22 bits per heavy atom. The molecule has 3 fully saturated rings. The maximum atomic E-state index is 11.7. The zero-order valence-electron chi connectivity index (χ0n) is 10.4. The van der Waals surface area contributed by atoms with Crippen LogP contribution in [-0.4, -0.2) is 23.3 Å². The van der Waals surface area contributed by atoms with Gasteiger partial charge >= 0.3 is 5.97 Å². The van der Waals surface area contributed by atoms with Gasteiger partial charge in [-0.3, -0.25) is 0 Å². The molecule has 0 bridgehead atoms. The van der Waals surface area contributed by atoms with Crippen LogP contribution in [-0.2, 0) is 9.53 Å². The molecule has 1 N–H and O–H groups in total. The van der Waals surface area contributed by atoms with E-state index in [9.17, 15) is 9.90 Å². The van der Waals surface area contributed by atoms with Crippen molar-refractivity contribution >= 4 is 5.97 Å². The molecule has 1 aliphatic heterocycles. The second-order valence-electron chi connectivity index (χ2n) is 5.66. The number of carbonyl (C=O) groups is 1. The molecular formula is C15H18O3. The van der Waals surface area contributed by atoms with Gasteiger partial charge in [0, 0.05) is 17.4 Å². The van der Waals surface area contributed by atoms with Crippen LogP contribution in [0.15, 0.2) is 36.5 Å². The Labute approximate surface area is 107 Å². The van der Waals surface area contributed by atoms with Crippen LogP contribution in [0.2, 0.25) is 0 Å². The number of hydrogen-bond acceptors (Lipinski definition) is 3. The summed E-state index contributed by atoms with van der Waals surface area (Å²) < 4.78 is 5.49. The normalized spacial score (nSPS) is 43.5. The van der Waals surface area contributed by atoms with Gasteiger partial charge in [-0.2, -0.15) is 0 Å². The first-order valence-corrected chi connectivity index (χ1v) is 6.45. The Bertz CT molecular complexity index is 462. The van der Waals surface area contributed by atoms with Crippen LogP contribution in [0, 0.1) is 17.8 Å². The average Bonchev–Trinajstić information content (AvgIpc) is 2.72. The third-order valence-corrected chi connectivity index (χ3v) is 4.77. The van der Waals surface area contributed by atoms with Gasteiger partial charge in [-0.25, -0.2) is 4.79 Å². The van der Waals surface area contributed by atoms with E-state index in [1.54, 1.807) is 0 Å². The fourth-order valence-electron chi connectivity index (χ4n) is 3.70. The van der Waals surface area contributed by atoms with E-state index in [1.807, 2.05) is 0 Å². The van der Waals surface area contributed by atoms with Crippen molar-refractivity contribution in [3.63, 3.8) is 0 Å². The summed E-state index contributed by atoms with van der Waals surface area (Å²) >= 11 is 0. The lowest BCUT2D eigenvalue weighted by Crippen LogP contribution is -2.29. The fraction of sp³-hybridized carbons (Fsp3) is 0.533. The third kappa shape index (κ3) is 1.43. The summed E-state index contributed by atoms with van der Waals surface area (Å²) in [5.41, 5.74) is 2.51. The number of ether oxygens (including phenoxy) is 1. The van der Waals surface area contributed by atoms with E-state index in [1.165, 1.54) is 0 Å². The first-order chi connectivity index (χ1) is 8.50. The molecule has 0 aromatic carbocycles. The number of rotatable bonds is 0. The van der Waals surface area contributed by atoms with Crippen molar-refractivity contribution in [2.45, 2.75) is 31.5 Å². The predicted octanol–water partition coefficient (Wildman–Crippen LogP) is 1.99. The minimum Gasteiger partial charge on any atom is -0.458 e. The van der Waals surface area contributed by atoms with Crippen LogP contribution in [0.4, 0.5) is 0 Å². The lowest BCUT2D eigenvalue weighted by Gasteiger charge is -2.25. The molecule has 2 aliphatic carbocycles. The Morgan fingerprint density at radius 2 is 1.94 bits per heavy atom. The molecule has 1 heterocycles. The van der Waals surface area contributed by atoms with Gasteiger partial charge in [-0.05, 0) is 30.8 Å². The van der Waals surface area contributed by atoms with E-state index >= 15 is 0 Å². The van der Waals surface area contributed by atoms with Gasteiger partial charge in [-0.1, -0.05) is 25.3 Å². The number of carbonyl (C=O) groups excluding carboxylic acids is 1. The van der Waals surface area contributed by atoms with E-state index in [-0.39, 0.29) is 29.8 Å². The highest BCUT2D eigenvalue weighted by molar-refractivity contribution is 5.91. The zero-order chi connectivity index (χ0) is 13.0. The van der Waals surface area contributed by atoms with Gasteiger partial charge in [-0.15, -0.1) is 0 Å². The largest absolute Gasteiger partial charge is 0.458 e. The molecule has 0 amide bonds. The number of aliphatic hydroxyl groups excluding tert-OH is 1. The van der Waals surface area contributed by atoms with Gasteiger partial charge in [0.05, 0.1) is 6.10 Å². The summed E-state index contributed by atoms with van der Waals surface area (Å²) in [4.78, 5) is 11.7. The minimum atomic E-state index is -0.497. The molecule has 1 saturated heterocycles. The SMILES string of the molecule is C=C1C(=O)O[C@H]2[C@H]3C(=C)[C@@H](O)C[C@@H]3C(=C)CC[C@H]12. The van der Waals surface area contributed by atoms with Crippen molar-refractivity contribution in [3.8, 4) is 0 Å². The molecule has 0 spiro atoms. The Kier molecular flexibility index (Phi) is 2.49. The quantitative estimate of drug-likeness (QED) is 0.404. The van der Waals surface area contributed by atoms with Crippen molar-refractivity contribution in [1.82, 2.24) is 0 Å². The molecule has 0 aromatic heterocycles. The summed E-state index contributed by atoms with van der Waals surface area (Å²) in [5.74, 6) is -0.0128. The predicted molar refractivity (Wildman–Crippen MR) is 67.6 cm³/mol. The van der Waals surface area contributed by atoms with Crippen molar-refractivity contribution in [2.75, 3.05) is 0 Å². The lowest BCUT2D eigenvalue weighted by atomic mass is 9.82. The van der Waals surface area contributed by atoms with Crippen LogP contribution in [0.5, 0.6) is 0 Å². The first kappa shape index (κ1) is 11.7.